The minimum absolute atomic E-state index is 0.818. The van der Waals surface area contributed by atoms with Crippen molar-refractivity contribution in [2.45, 2.75) is 13.8 Å². The summed E-state index contributed by atoms with van der Waals surface area (Å²) in [6.07, 6.45) is 3.43. The molecule has 0 amide bonds. The Morgan fingerprint density at radius 2 is 1.85 bits per heavy atom. The highest BCUT2D eigenvalue weighted by Gasteiger charge is 2.13. The lowest BCUT2D eigenvalue weighted by Gasteiger charge is -2.26. The van der Waals surface area contributed by atoms with E-state index in [1.54, 1.807) is 6.33 Å². The summed E-state index contributed by atoms with van der Waals surface area (Å²) in [7, 11) is 0. The SMILES string of the molecule is Cc1cc(C)cc(-n2ncc3c(NCCN4CCOCC4)ncnc32)c1. The second kappa shape index (κ2) is 7.39. The fourth-order valence-electron chi connectivity index (χ4n) is 3.40. The zero-order chi connectivity index (χ0) is 17.9. The van der Waals surface area contributed by atoms with Gasteiger partial charge in [0.1, 0.15) is 12.1 Å². The fourth-order valence-corrected chi connectivity index (χ4v) is 3.40. The largest absolute Gasteiger partial charge is 0.379 e. The van der Waals surface area contributed by atoms with E-state index in [2.05, 4.69) is 57.3 Å². The molecule has 1 saturated heterocycles. The molecule has 0 unspecified atom stereocenters. The average molecular weight is 352 g/mol. The lowest BCUT2D eigenvalue weighted by Crippen LogP contribution is -2.39. The quantitative estimate of drug-likeness (QED) is 0.759. The Labute approximate surface area is 153 Å². The van der Waals surface area contributed by atoms with Gasteiger partial charge in [-0.3, -0.25) is 4.90 Å². The van der Waals surface area contributed by atoms with Crippen molar-refractivity contribution in [3.63, 3.8) is 0 Å². The zero-order valence-electron chi connectivity index (χ0n) is 15.3. The van der Waals surface area contributed by atoms with Gasteiger partial charge in [-0.1, -0.05) is 6.07 Å². The Morgan fingerprint density at radius 3 is 2.62 bits per heavy atom. The van der Waals surface area contributed by atoms with E-state index in [1.165, 1.54) is 11.1 Å². The van der Waals surface area contributed by atoms with E-state index in [0.717, 1.165) is 61.9 Å². The lowest BCUT2D eigenvalue weighted by atomic mass is 10.1. The Morgan fingerprint density at radius 1 is 1.08 bits per heavy atom. The molecule has 0 saturated carbocycles. The number of anilines is 1. The highest BCUT2D eigenvalue weighted by Crippen LogP contribution is 2.22. The molecule has 0 atom stereocenters. The van der Waals surface area contributed by atoms with Crippen molar-refractivity contribution >= 4 is 16.9 Å². The first-order valence-corrected chi connectivity index (χ1v) is 9.02. The minimum atomic E-state index is 0.818. The molecule has 0 radical (unpaired) electrons. The van der Waals surface area contributed by atoms with Crippen LogP contribution in [0.4, 0.5) is 5.82 Å². The topological polar surface area (TPSA) is 68.1 Å². The van der Waals surface area contributed by atoms with Crippen molar-refractivity contribution in [3.8, 4) is 5.69 Å². The van der Waals surface area contributed by atoms with Crippen LogP contribution >= 0.6 is 0 Å². The Hall–Kier alpha value is -2.51. The van der Waals surface area contributed by atoms with E-state index in [4.69, 9.17) is 4.74 Å². The number of aryl methyl sites for hydroxylation is 2. The van der Waals surface area contributed by atoms with Crippen molar-refractivity contribution < 1.29 is 4.74 Å². The maximum absolute atomic E-state index is 5.39. The zero-order valence-corrected chi connectivity index (χ0v) is 15.3. The average Bonchev–Trinajstić information content (AvgIpc) is 3.07. The van der Waals surface area contributed by atoms with Crippen LogP contribution in [-0.4, -0.2) is 64.0 Å². The molecule has 7 heteroatoms. The van der Waals surface area contributed by atoms with Crippen LogP contribution in [0.15, 0.2) is 30.7 Å². The maximum atomic E-state index is 5.39. The minimum Gasteiger partial charge on any atom is -0.379 e. The summed E-state index contributed by atoms with van der Waals surface area (Å²) in [5.41, 5.74) is 4.26. The third kappa shape index (κ3) is 3.54. The summed E-state index contributed by atoms with van der Waals surface area (Å²) in [6, 6.07) is 6.39. The van der Waals surface area contributed by atoms with E-state index in [-0.39, 0.29) is 0 Å². The third-order valence-electron chi connectivity index (χ3n) is 4.64. The predicted molar refractivity (Wildman–Crippen MR) is 102 cm³/mol. The number of nitrogens with zero attached hydrogens (tertiary/aromatic N) is 5. The molecule has 136 valence electrons. The van der Waals surface area contributed by atoms with Gasteiger partial charge in [-0.15, -0.1) is 0 Å². The molecular weight excluding hydrogens is 328 g/mol. The molecule has 1 aromatic carbocycles. The maximum Gasteiger partial charge on any atom is 0.168 e. The number of hydrogen-bond donors (Lipinski definition) is 1. The molecule has 3 heterocycles. The smallest absolute Gasteiger partial charge is 0.168 e. The van der Waals surface area contributed by atoms with Crippen LogP contribution in [0.3, 0.4) is 0 Å². The summed E-state index contributed by atoms with van der Waals surface area (Å²) in [4.78, 5) is 11.3. The third-order valence-corrected chi connectivity index (χ3v) is 4.64. The van der Waals surface area contributed by atoms with Crippen LogP contribution < -0.4 is 5.32 Å². The van der Waals surface area contributed by atoms with Gasteiger partial charge in [0.15, 0.2) is 5.65 Å². The molecule has 0 bridgehead atoms. The molecule has 0 aliphatic carbocycles. The van der Waals surface area contributed by atoms with E-state index in [1.807, 2.05) is 10.9 Å². The van der Waals surface area contributed by atoms with E-state index >= 15 is 0 Å². The number of rotatable bonds is 5. The second-order valence-electron chi connectivity index (χ2n) is 6.74. The first kappa shape index (κ1) is 16.9. The Balaban J connectivity index is 1.55. The molecule has 26 heavy (non-hydrogen) atoms. The van der Waals surface area contributed by atoms with Gasteiger partial charge in [-0.2, -0.15) is 5.10 Å². The van der Waals surface area contributed by atoms with Crippen LogP contribution in [0.2, 0.25) is 0 Å². The van der Waals surface area contributed by atoms with E-state index in [9.17, 15) is 0 Å². The summed E-state index contributed by atoms with van der Waals surface area (Å²) >= 11 is 0. The molecule has 2 aromatic heterocycles. The van der Waals surface area contributed by atoms with E-state index in [0.29, 0.717) is 0 Å². The van der Waals surface area contributed by atoms with Gasteiger partial charge < -0.3 is 10.1 Å². The molecule has 0 spiro atoms. The van der Waals surface area contributed by atoms with Crippen molar-refractivity contribution in [1.82, 2.24) is 24.6 Å². The standard InChI is InChI=1S/C19H24N6O/c1-14-9-15(2)11-16(10-14)25-19-17(12-23-25)18(21-13-22-19)20-3-4-24-5-7-26-8-6-24/h9-13H,3-8H2,1-2H3,(H,20,21,22). The van der Waals surface area contributed by atoms with Gasteiger partial charge in [0.05, 0.1) is 30.5 Å². The second-order valence-corrected chi connectivity index (χ2v) is 6.74. The van der Waals surface area contributed by atoms with Crippen LogP contribution in [0.25, 0.3) is 16.7 Å². The van der Waals surface area contributed by atoms with Crippen LogP contribution in [0, 0.1) is 13.8 Å². The van der Waals surface area contributed by atoms with Gasteiger partial charge >= 0.3 is 0 Å². The highest BCUT2D eigenvalue weighted by molar-refractivity contribution is 5.87. The normalized spacial score (nSPS) is 15.5. The summed E-state index contributed by atoms with van der Waals surface area (Å²) in [5.74, 6) is 0.832. The molecule has 1 N–H and O–H groups in total. The van der Waals surface area contributed by atoms with Gasteiger partial charge in [-0.25, -0.2) is 14.6 Å². The lowest BCUT2D eigenvalue weighted by molar-refractivity contribution is 0.0398. The number of hydrogen-bond acceptors (Lipinski definition) is 6. The molecule has 1 aliphatic heterocycles. The molecular formula is C19H24N6O. The van der Waals surface area contributed by atoms with Gasteiger partial charge in [0.25, 0.3) is 0 Å². The summed E-state index contributed by atoms with van der Waals surface area (Å²) in [5, 5.41) is 8.93. The molecule has 1 fully saturated rings. The molecule has 3 aromatic rings. The first-order chi connectivity index (χ1) is 12.7. The van der Waals surface area contributed by atoms with Crippen molar-refractivity contribution in [3.05, 3.63) is 41.9 Å². The number of morpholine rings is 1. The molecule has 7 nitrogen and oxygen atoms in total. The van der Waals surface area contributed by atoms with Crippen molar-refractivity contribution in [1.29, 1.82) is 0 Å². The van der Waals surface area contributed by atoms with Crippen LogP contribution in [0.1, 0.15) is 11.1 Å². The van der Waals surface area contributed by atoms with Gasteiger partial charge in [0, 0.05) is 26.2 Å². The highest BCUT2D eigenvalue weighted by atomic mass is 16.5. The first-order valence-electron chi connectivity index (χ1n) is 9.02. The summed E-state index contributed by atoms with van der Waals surface area (Å²) < 4.78 is 7.27. The monoisotopic (exact) mass is 352 g/mol. The molecule has 1 aliphatic rings. The number of fused-ring (bicyclic) bond motifs is 1. The van der Waals surface area contributed by atoms with Gasteiger partial charge in [-0.05, 0) is 37.1 Å². The Bertz CT molecular complexity index is 880. The number of aromatic nitrogens is 4. The van der Waals surface area contributed by atoms with E-state index < -0.39 is 0 Å². The van der Waals surface area contributed by atoms with Crippen LogP contribution in [0.5, 0.6) is 0 Å². The molecule has 4 rings (SSSR count). The van der Waals surface area contributed by atoms with Gasteiger partial charge in [0.2, 0.25) is 0 Å². The Kier molecular flexibility index (Phi) is 4.81. The number of benzene rings is 1. The van der Waals surface area contributed by atoms with Crippen LogP contribution in [-0.2, 0) is 4.74 Å². The fraction of sp³-hybridized carbons (Fsp3) is 0.421. The number of nitrogens with one attached hydrogen (secondary N) is 1. The van der Waals surface area contributed by atoms with Crippen molar-refractivity contribution in [2.75, 3.05) is 44.7 Å². The summed E-state index contributed by atoms with van der Waals surface area (Å²) in [6.45, 7) is 9.62. The van der Waals surface area contributed by atoms with Crippen molar-refractivity contribution in [2.24, 2.45) is 0 Å². The number of ether oxygens (including phenoxy) is 1. The predicted octanol–water partition coefficient (Wildman–Crippen LogP) is 2.18.